The minimum Gasteiger partial charge on any atom is -0.253 e. The van der Waals surface area contributed by atoms with Gasteiger partial charge in [-0.3, -0.25) is 4.98 Å². The summed E-state index contributed by atoms with van der Waals surface area (Å²) in [5.41, 5.74) is 3.04. The fraction of sp³-hybridized carbons (Fsp3) is 0.0625. The molecule has 0 bridgehead atoms. The summed E-state index contributed by atoms with van der Waals surface area (Å²) in [7, 11) is 0. The van der Waals surface area contributed by atoms with E-state index in [1.807, 2.05) is 0 Å². The lowest BCUT2D eigenvalue weighted by Gasteiger charge is -2.14. The van der Waals surface area contributed by atoms with E-state index in [1.165, 1.54) is 18.3 Å². The second kappa shape index (κ2) is 6.40. The summed E-state index contributed by atoms with van der Waals surface area (Å²) >= 11 is 18.4. The van der Waals surface area contributed by atoms with Crippen molar-refractivity contribution in [2.45, 2.75) is 6.92 Å². The van der Waals surface area contributed by atoms with Crippen molar-refractivity contribution in [3.05, 3.63) is 63.2 Å². The van der Waals surface area contributed by atoms with E-state index in [0.717, 1.165) is 5.56 Å². The first-order valence-electron chi connectivity index (χ1n) is 6.57. The van der Waals surface area contributed by atoms with Gasteiger partial charge >= 0.3 is 0 Å². The fourth-order valence-electron chi connectivity index (χ4n) is 2.29. The number of hydrogen-bond donors (Lipinski definition) is 0. The van der Waals surface area contributed by atoms with Gasteiger partial charge in [0.15, 0.2) is 5.15 Å². The van der Waals surface area contributed by atoms with Crippen LogP contribution in [0, 0.1) is 12.7 Å². The molecule has 0 amide bonds. The van der Waals surface area contributed by atoms with Gasteiger partial charge in [0.05, 0.1) is 27.0 Å². The van der Waals surface area contributed by atoms with Gasteiger partial charge in [0.1, 0.15) is 5.82 Å². The van der Waals surface area contributed by atoms with Crippen molar-refractivity contribution in [1.29, 1.82) is 0 Å². The number of benzene rings is 1. The van der Waals surface area contributed by atoms with Crippen molar-refractivity contribution >= 4 is 34.8 Å². The number of nitrogens with zero attached hydrogens (tertiary/aromatic N) is 3. The van der Waals surface area contributed by atoms with Crippen LogP contribution in [0.15, 0.2) is 36.5 Å². The van der Waals surface area contributed by atoms with Crippen LogP contribution in [0.4, 0.5) is 4.39 Å². The second-order valence-electron chi connectivity index (χ2n) is 4.82. The Bertz CT molecular complexity index is 882. The van der Waals surface area contributed by atoms with Crippen molar-refractivity contribution in [3.8, 4) is 22.4 Å². The maximum atomic E-state index is 13.2. The van der Waals surface area contributed by atoms with E-state index in [-0.39, 0.29) is 11.0 Å². The van der Waals surface area contributed by atoms with Crippen LogP contribution in [0.2, 0.25) is 15.2 Å². The highest BCUT2D eigenvalue weighted by atomic mass is 35.5. The predicted octanol–water partition coefficient (Wildman–Crippen LogP) is 5.61. The van der Waals surface area contributed by atoms with Crippen LogP contribution in [0.1, 0.15) is 5.69 Å². The lowest BCUT2D eigenvalue weighted by molar-refractivity contribution is 0.628. The van der Waals surface area contributed by atoms with Gasteiger partial charge in [0.25, 0.3) is 0 Å². The summed E-state index contributed by atoms with van der Waals surface area (Å²) in [5, 5.41) is 8.89. The summed E-state index contributed by atoms with van der Waals surface area (Å²) in [6.07, 6.45) is 1.48. The standard InChI is InChI=1S/C16H9Cl3FN3/c1-8-13(9-2-4-11(20)5-3-9)14(16(19)23-22-8)15-12(18)6-10(17)7-21-15/h2-7H,1H3. The average Bonchev–Trinajstić information content (AvgIpc) is 2.51. The molecule has 3 nitrogen and oxygen atoms in total. The molecule has 0 atom stereocenters. The minimum absolute atomic E-state index is 0.159. The highest BCUT2D eigenvalue weighted by Crippen LogP contribution is 2.40. The Morgan fingerprint density at radius 3 is 2.30 bits per heavy atom. The van der Waals surface area contributed by atoms with E-state index >= 15 is 0 Å². The SMILES string of the molecule is Cc1nnc(Cl)c(-c2ncc(Cl)cc2Cl)c1-c1ccc(F)cc1. The second-order valence-corrected chi connectivity index (χ2v) is 6.02. The number of halogens is 4. The molecule has 0 radical (unpaired) electrons. The largest absolute Gasteiger partial charge is 0.253 e. The van der Waals surface area contributed by atoms with E-state index in [9.17, 15) is 4.39 Å². The molecule has 0 N–H and O–H groups in total. The van der Waals surface area contributed by atoms with Gasteiger partial charge < -0.3 is 0 Å². The molecule has 3 aromatic rings. The van der Waals surface area contributed by atoms with E-state index in [2.05, 4.69) is 15.2 Å². The zero-order valence-electron chi connectivity index (χ0n) is 11.8. The van der Waals surface area contributed by atoms with Crippen molar-refractivity contribution < 1.29 is 4.39 Å². The number of rotatable bonds is 2. The smallest absolute Gasteiger partial charge is 0.161 e. The van der Waals surface area contributed by atoms with Crippen molar-refractivity contribution in [2.75, 3.05) is 0 Å². The third kappa shape index (κ3) is 3.15. The summed E-state index contributed by atoms with van der Waals surface area (Å²) in [6.45, 7) is 1.79. The third-order valence-electron chi connectivity index (χ3n) is 3.28. The van der Waals surface area contributed by atoms with Crippen LogP contribution in [0.3, 0.4) is 0 Å². The topological polar surface area (TPSA) is 38.7 Å². The first-order chi connectivity index (χ1) is 11.0. The van der Waals surface area contributed by atoms with Crippen LogP contribution in [0.25, 0.3) is 22.4 Å². The Kier molecular flexibility index (Phi) is 4.48. The van der Waals surface area contributed by atoms with Crippen molar-refractivity contribution in [1.82, 2.24) is 15.2 Å². The molecule has 2 aromatic heterocycles. The van der Waals surface area contributed by atoms with Gasteiger partial charge in [-0.05, 0) is 30.7 Å². The Hall–Kier alpha value is -1.75. The first kappa shape index (κ1) is 16.1. The Morgan fingerprint density at radius 2 is 1.65 bits per heavy atom. The molecule has 0 aliphatic heterocycles. The van der Waals surface area contributed by atoms with Gasteiger partial charge in [-0.1, -0.05) is 46.9 Å². The molecule has 3 rings (SSSR count). The maximum absolute atomic E-state index is 13.2. The zero-order chi connectivity index (χ0) is 16.6. The number of hydrogen-bond acceptors (Lipinski definition) is 3. The highest BCUT2D eigenvalue weighted by molar-refractivity contribution is 6.37. The Balaban J connectivity index is 2.32. The molecule has 1 aromatic carbocycles. The fourth-order valence-corrected chi connectivity index (χ4v) is 2.98. The lowest BCUT2D eigenvalue weighted by atomic mass is 9.97. The Labute approximate surface area is 147 Å². The molecular weight excluding hydrogens is 360 g/mol. The van der Waals surface area contributed by atoms with Gasteiger partial charge in [-0.15, -0.1) is 5.10 Å². The van der Waals surface area contributed by atoms with Crippen LogP contribution < -0.4 is 0 Å². The van der Waals surface area contributed by atoms with Gasteiger partial charge in [0, 0.05) is 11.8 Å². The quantitative estimate of drug-likeness (QED) is 0.590. The van der Waals surface area contributed by atoms with Crippen LogP contribution in [-0.2, 0) is 0 Å². The zero-order valence-corrected chi connectivity index (χ0v) is 14.1. The van der Waals surface area contributed by atoms with Gasteiger partial charge in [-0.25, -0.2) is 4.39 Å². The van der Waals surface area contributed by atoms with Crippen LogP contribution >= 0.6 is 34.8 Å². The number of aromatic nitrogens is 3. The van der Waals surface area contributed by atoms with Crippen LogP contribution in [-0.4, -0.2) is 15.2 Å². The maximum Gasteiger partial charge on any atom is 0.161 e. The molecule has 23 heavy (non-hydrogen) atoms. The first-order valence-corrected chi connectivity index (χ1v) is 7.71. The summed E-state index contributed by atoms with van der Waals surface area (Å²) in [4.78, 5) is 4.26. The molecule has 116 valence electrons. The summed E-state index contributed by atoms with van der Waals surface area (Å²) in [5.74, 6) is -0.330. The normalized spacial score (nSPS) is 10.8. The Morgan fingerprint density at radius 1 is 0.957 bits per heavy atom. The van der Waals surface area contributed by atoms with E-state index in [4.69, 9.17) is 34.8 Å². The predicted molar refractivity (Wildman–Crippen MR) is 90.4 cm³/mol. The molecule has 0 spiro atoms. The third-order valence-corrected chi connectivity index (χ3v) is 4.04. The molecule has 7 heteroatoms. The molecule has 0 fully saturated rings. The molecule has 0 aliphatic carbocycles. The molecule has 2 heterocycles. The highest BCUT2D eigenvalue weighted by Gasteiger charge is 2.20. The van der Waals surface area contributed by atoms with Crippen molar-refractivity contribution in [2.24, 2.45) is 0 Å². The van der Waals surface area contributed by atoms with Gasteiger partial charge in [0.2, 0.25) is 0 Å². The monoisotopic (exact) mass is 367 g/mol. The van der Waals surface area contributed by atoms with Crippen LogP contribution in [0.5, 0.6) is 0 Å². The molecule has 0 aliphatic rings. The minimum atomic E-state index is -0.330. The van der Waals surface area contributed by atoms with Crippen molar-refractivity contribution in [3.63, 3.8) is 0 Å². The average molecular weight is 369 g/mol. The van der Waals surface area contributed by atoms with E-state index < -0.39 is 0 Å². The van der Waals surface area contributed by atoms with Gasteiger partial charge in [-0.2, -0.15) is 5.10 Å². The molecule has 0 saturated heterocycles. The lowest BCUT2D eigenvalue weighted by Crippen LogP contribution is -1.99. The molecule has 0 saturated carbocycles. The number of pyridine rings is 1. The molecule has 0 unspecified atom stereocenters. The number of aryl methyl sites for hydroxylation is 1. The summed E-state index contributed by atoms with van der Waals surface area (Å²) in [6, 6.07) is 7.59. The van der Waals surface area contributed by atoms with E-state index in [0.29, 0.717) is 32.6 Å². The summed E-state index contributed by atoms with van der Waals surface area (Å²) < 4.78 is 13.2. The van der Waals surface area contributed by atoms with E-state index in [1.54, 1.807) is 25.1 Å². The molecular formula is C16H9Cl3FN3.